The number of hydrogen-bond acceptors (Lipinski definition) is 8. The summed E-state index contributed by atoms with van der Waals surface area (Å²) in [5.74, 6) is -5.51. The van der Waals surface area contributed by atoms with Gasteiger partial charge in [0.15, 0.2) is 0 Å². The zero-order valence-corrected chi connectivity index (χ0v) is 31.4. The summed E-state index contributed by atoms with van der Waals surface area (Å²) in [5.41, 5.74) is -0.0191. The third kappa shape index (κ3) is 9.34. The lowest BCUT2D eigenvalue weighted by Gasteiger charge is -2.20. The smallest absolute Gasteiger partial charge is 0.340 e. The number of benzene rings is 6. The van der Waals surface area contributed by atoms with Gasteiger partial charge in [-0.15, -0.1) is 0 Å². The Morgan fingerprint density at radius 3 is 1.07 bits per heavy atom. The lowest BCUT2D eigenvalue weighted by Crippen LogP contribution is -2.16. The summed E-state index contributed by atoms with van der Waals surface area (Å²) in [6.07, 6.45) is -0.334. The van der Waals surface area contributed by atoms with Gasteiger partial charge in [0.1, 0.15) is 58.5 Å². The maximum Gasteiger partial charge on any atom is 0.340 e. The van der Waals surface area contributed by atoms with Crippen LogP contribution in [0.1, 0.15) is 80.3 Å². The molecule has 0 saturated heterocycles. The lowest BCUT2D eigenvalue weighted by molar-refractivity contribution is 0.0642. The second-order valence-electron chi connectivity index (χ2n) is 12.0. The van der Waals surface area contributed by atoms with Crippen molar-refractivity contribution in [1.29, 1.82) is 0 Å². The summed E-state index contributed by atoms with van der Waals surface area (Å²) in [7, 11) is 1.31. The van der Waals surface area contributed by atoms with Crippen LogP contribution in [0.25, 0.3) is 21.5 Å². The molecule has 0 spiro atoms. The molecule has 0 unspecified atom stereocenters. The fraction of sp³-hybridized carbons (Fsp3) is 0.182. The molecule has 290 valence electrons. The van der Waals surface area contributed by atoms with Crippen molar-refractivity contribution in [3.8, 4) is 23.0 Å². The molecule has 6 aromatic rings. The van der Waals surface area contributed by atoms with E-state index in [-0.39, 0.29) is 42.3 Å². The Labute approximate surface area is 323 Å². The van der Waals surface area contributed by atoms with Crippen LogP contribution in [0, 0.1) is 0 Å². The van der Waals surface area contributed by atoms with Gasteiger partial charge in [0.25, 0.3) is 0 Å². The second-order valence-corrected chi connectivity index (χ2v) is 12.0. The van der Waals surface area contributed by atoms with Gasteiger partial charge < -0.3 is 39.4 Å². The number of methoxy groups -OCH3 is 1. The van der Waals surface area contributed by atoms with E-state index in [0.717, 1.165) is 11.1 Å². The van der Waals surface area contributed by atoms with Gasteiger partial charge in [0.2, 0.25) is 0 Å². The molecule has 0 aromatic heterocycles. The SMILES string of the molecule is CC.CC(C)Oc1c(C(=O)O)c(C(=O)O)c(OCc2ccccc2)c2ccccc12.COc1c(C(=O)O)c(C(=O)O)c(OCc2ccccc2)c2ccccc12. The summed E-state index contributed by atoms with van der Waals surface area (Å²) >= 11 is 0. The van der Waals surface area contributed by atoms with E-state index in [1.165, 1.54) is 7.11 Å². The Kier molecular flexibility index (Phi) is 14.4. The number of hydrogen-bond donors (Lipinski definition) is 4. The number of carboxylic acid groups (broad SMARTS) is 4. The lowest BCUT2D eigenvalue weighted by atomic mass is 9.97. The molecule has 6 rings (SSSR count). The van der Waals surface area contributed by atoms with Crippen LogP contribution in [0.4, 0.5) is 0 Å². The highest BCUT2D eigenvalue weighted by molar-refractivity contribution is 6.15. The van der Waals surface area contributed by atoms with Crippen molar-refractivity contribution < 1.29 is 58.6 Å². The van der Waals surface area contributed by atoms with Crippen LogP contribution in [0.3, 0.4) is 0 Å². The monoisotopic (exact) mass is 762 g/mol. The number of carbonyl (C=O) groups is 4. The highest BCUT2D eigenvalue weighted by atomic mass is 16.5. The highest BCUT2D eigenvalue weighted by Gasteiger charge is 2.31. The summed E-state index contributed by atoms with van der Waals surface area (Å²) in [5, 5.41) is 40.8. The van der Waals surface area contributed by atoms with Gasteiger partial charge in [0.05, 0.1) is 13.2 Å². The van der Waals surface area contributed by atoms with Gasteiger partial charge in [-0.1, -0.05) is 123 Å². The minimum Gasteiger partial charge on any atom is -0.495 e. The standard InChI is InChI=1S/C22H20O6.C20H16O6.C2H6/c1-13(2)28-20-16-11-7-6-10-15(16)19(17(21(23)24)18(20)22(25)26)27-12-14-8-4-3-5-9-14;1-25-17-13-9-5-6-10-14(13)18(16(20(23)24)15(17)19(21)22)26-11-12-7-3-2-4-8-12;1-2/h3-11,13H,12H2,1-2H3,(H,23,24)(H,25,26);2-10H,11H2,1H3,(H,21,22)(H,23,24);1-2H3. The van der Waals surface area contributed by atoms with Gasteiger partial charge in [-0.3, -0.25) is 0 Å². The molecule has 0 bridgehead atoms. The molecular formula is C44H42O12. The maximum atomic E-state index is 12.0. The van der Waals surface area contributed by atoms with Gasteiger partial charge >= 0.3 is 23.9 Å². The van der Waals surface area contributed by atoms with Crippen molar-refractivity contribution in [2.24, 2.45) is 0 Å². The first-order chi connectivity index (χ1) is 26.9. The molecular weight excluding hydrogens is 720 g/mol. The van der Waals surface area contributed by atoms with Crippen molar-refractivity contribution in [2.75, 3.05) is 7.11 Å². The Bertz CT molecular complexity index is 2330. The van der Waals surface area contributed by atoms with E-state index in [2.05, 4.69) is 0 Å². The Hall–Kier alpha value is -7.08. The van der Waals surface area contributed by atoms with E-state index >= 15 is 0 Å². The third-order valence-corrected chi connectivity index (χ3v) is 8.11. The van der Waals surface area contributed by atoms with Gasteiger partial charge in [-0.05, 0) is 25.0 Å². The molecule has 0 aliphatic carbocycles. The van der Waals surface area contributed by atoms with Crippen molar-refractivity contribution in [3.05, 3.63) is 143 Å². The highest BCUT2D eigenvalue weighted by Crippen LogP contribution is 2.43. The third-order valence-electron chi connectivity index (χ3n) is 8.11. The summed E-state index contributed by atoms with van der Waals surface area (Å²) in [6.45, 7) is 7.71. The molecule has 0 radical (unpaired) electrons. The summed E-state index contributed by atoms with van der Waals surface area (Å²) in [4.78, 5) is 47.7. The molecule has 0 amide bonds. The molecule has 0 aliphatic rings. The van der Waals surface area contributed by atoms with Crippen LogP contribution in [0.5, 0.6) is 23.0 Å². The number of carboxylic acids is 4. The zero-order chi connectivity index (χ0) is 40.9. The molecule has 12 heteroatoms. The number of fused-ring (bicyclic) bond motifs is 2. The maximum absolute atomic E-state index is 12.0. The largest absolute Gasteiger partial charge is 0.495 e. The van der Waals surface area contributed by atoms with E-state index in [1.807, 2.05) is 74.5 Å². The summed E-state index contributed by atoms with van der Waals surface area (Å²) in [6, 6.07) is 32.1. The predicted molar refractivity (Wildman–Crippen MR) is 211 cm³/mol. The fourth-order valence-corrected chi connectivity index (χ4v) is 5.90. The van der Waals surface area contributed by atoms with E-state index in [9.17, 15) is 39.6 Å². The molecule has 0 aliphatic heterocycles. The van der Waals surface area contributed by atoms with Gasteiger partial charge in [-0.2, -0.15) is 0 Å². The Morgan fingerprint density at radius 1 is 0.464 bits per heavy atom. The first kappa shape index (κ1) is 41.7. The Balaban J connectivity index is 0.000000239. The van der Waals surface area contributed by atoms with Crippen molar-refractivity contribution in [3.63, 3.8) is 0 Å². The molecule has 0 heterocycles. The number of rotatable bonds is 13. The number of ether oxygens (including phenoxy) is 4. The normalized spacial score (nSPS) is 10.4. The fourth-order valence-electron chi connectivity index (χ4n) is 5.90. The molecule has 0 fully saturated rings. The minimum atomic E-state index is -1.39. The van der Waals surface area contributed by atoms with E-state index < -0.39 is 46.1 Å². The van der Waals surface area contributed by atoms with Crippen molar-refractivity contribution in [1.82, 2.24) is 0 Å². The quantitative estimate of drug-likeness (QED) is 0.0874. The van der Waals surface area contributed by atoms with Crippen LogP contribution in [0.2, 0.25) is 0 Å². The summed E-state index contributed by atoms with van der Waals surface area (Å²) < 4.78 is 22.6. The Morgan fingerprint density at radius 2 is 0.750 bits per heavy atom. The van der Waals surface area contributed by atoms with Gasteiger partial charge in [-0.25, -0.2) is 19.2 Å². The van der Waals surface area contributed by atoms with Crippen molar-refractivity contribution >= 4 is 45.4 Å². The van der Waals surface area contributed by atoms with Crippen LogP contribution in [-0.4, -0.2) is 57.5 Å². The first-order valence-electron chi connectivity index (χ1n) is 17.6. The van der Waals surface area contributed by atoms with Gasteiger partial charge in [0, 0.05) is 21.5 Å². The topological polar surface area (TPSA) is 186 Å². The molecule has 0 saturated carbocycles. The van der Waals surface area contributed by atoms with E-state index in [0.29, 0.717) is 21.5 Å². The zero-order valence-electron chi connectivity index (χ0n) is 31.4. The predicted octanol–water partition coefficient (Wildman–Crippen LogP) is 9.45. The van der Waals surface area contributed by atoms with Crippen LogP contribution in [0.15, 0.2) is 109 Å². The second kappa shape index (κ2) is 19.3. The first-order valence-corrected chi connectivity index (χ1v) is 17.6. The average molecular weight is 763 g/mol. The molecule has 12 nitrogen and oxygen atoms in total. The van der Waals surface area contributed by atoms with Crippen LogP contribution >= 0.6 is 0 Å². The number of aromatic carboxylic acids is 4. The van der Waals surface area contributed by atoms with Crippen LogP contribution in [-0.2, 0) is 13.2 Å². The van der Waals surface area contributed by atoms with E-state index in [4.69, 9.17) is 18.9 Å². The van der Waals surface area contributed by atoms with Crippen molar-refractivity contribution in [2.45, 2.75) is 47.0 Å². The molecule has 0 atom stereocenters. The van der Waals surface area contributed by atoms with Crippen LogP contribution < -0.4 is 18.9 Å². The van der Waals surface area contributed by atoms with E-state index in [1.54, 1.807) is 62.4 Å². The molecule has 56 heavy (non-hydrogen) atoms. The molecule has 4 N–H and O–H groups in total. The average Bonchev–Trinajstić information content (AvgIpc) is 3.20. The minimum absolute atomic E-state index is 0.00226. The molecule has 6 aromatic carbocycles.